The Hall–Kier alpha value is -3.48. The topological polar surface area (TPSA) is 109 Å². The van der Waals surface area contributed by atoms with Crippen LogP contribution >= 0.6 is 11.3 Å². The van der Waals surface area contributed by atoms with Gasteiger partial charge in [-0.3, -0.25) is 14.4 Å². The summed E-state index contributed by atoms with van der Waals surface area (Å²) in [6, 6.07) is 1.41. The quantitative estimate of drug-likeness (QED) is 0.504. The molecule has 0 aromatic carbocycles. The first-order valence-corrected chi connectivity index (χ1v) is 12.6. The third kappa shape index (κ3) is 5.76. The molecule has 1 aliphatic heterocycles. The number of halogens is 3. The Morgan fingerprint density at radius 2 is 2.00 bits per heavy atom. The Kier molecular flexibility index (Phi) is 7.53. The van der Waals surface area contributed by atoms with E-state index in [4.69, 9.17) is 0 Å². The van der Waals surface area contributed by atoms with E-state index in [2.05, 4.69) is 15.3 Å². The number of alkyl halides is 3. The molecule has 1 fully saturated rings. The molecular weight excluding hydrogens is 509 g/mol. The average Bonchev–Trinajstić information content (AvgIpc) is 3.49. The number of likely N-dealkylation sites (tertiary alicyclic amines) is 1. The number of hydrogen-bond donors (Lipinski definition) is 2. The van der Waals surface area contributed by atoms with Crippen molar-refractivity contribution in [2.45, 2.75) is 51.4 Å². The van der Waals surface area contributed by atoms with E-state index in [0.717, 1.165) is 10.7 Å². The van der Waals surface area contributed by atoms with Crippen molar-refractivity contribution in [2.75, 3.05) is 13.1 Å². The van der Waals surface area contributed by atoms with Gasteiger partial charge in [-0.15, -0.1) is 11.3 Å². The highest BCUT2D eigenvalue weighted by Gasteiger charge is 2.42. The number of carbonyl (C=O) groups is 3. The Morgan fingerprint density at radius 3 is 2.65 bits per heavy atom. The van der Waals surface area contributed by atoms with Gasteiger partial charge in [0, 0.05) is 30.6 Å². The molecular formula is C24H27F3N6O3S. The smallest absolute Gasteiger partial charge is 0.349 e. The molecule has 3 aromatic rings. The monoisotopic (exact) mass is 536 g/mol. The molecule has 13 heteroatoms. The first kappa shape index (κ1) is 26.6. The zero-order valence-corrected chi connectivity index (χ0v) is 21.3. The van der Waals surface area contributed by atoms with E-state index in [9.17, 15) is 27.6 Å². The van der Waals surface area contributed by atoms with Crippen LogP contribution in [0.2, 0.25) is 0 Å². The minimum Gasteiger partial charge on any atom is -0.349 e. The number of fused-ring (bicyclic) bond motifs is 1. The second-order valence-corrected chi connectivity index (χ2v) is 10.4. The van der Waals surface area contributed by atoms with E-state index in [-0.39, 0.29) is 18.4 Å². The van der Waals surface area contributed by atoms with Gasteiger partial charge in [0.1, 0.15) is 6.04 Å². The first-order chi connectivity index (χ1) is 17.5. The third-order valence-electron chi connectivity index (χ3n) is 6.42. The molecule has 0 saturated carbocycles. The number of pyridine rings is 1. The van der Waals surface area contributed by atoms with Gasteiger partial charge in [0.25, 0.3) is 5.91 Å². The van der Waals surface area contributed by atoms with E-state index in [1.807, 2.05) is 12.3 Å². The van der Waals surface area contributed by atoms with Crippen molar-refractivity contribution in [3.8, 4) is 0 Å². The Labute approximate surface area is 215 Å². The lowest BCUT2D eigenvalue weighted by atomic mass is 9.88. The van der Waals surface area contributed by atoms with E-state index < -0.39 is 36.0 Å². The molecule has 198 valence electrons. The van der Waals surface area contributed by atoms with Crippen molar-refractivity contribution in [1.82, 2.24) is 29.9 Å². The van der Waals surface area contributed by atoms with Crippen molar-refractivity contribution in [1.29, 1.82) is 0 Å². The number of thiazole rings is 1. The summed E-state index contributed by atoms with van der Waals surface area (Å²) in [6.07, 6.45) is 0.335. The molecule has 3 amide bonds. The molecule has 0 unspecified atom stereocenters. The van der Waals surface area contributed by atoms with Gasteiger partial charge in [-0.2, -0.15) is 13.2 Å². The molecule has 0 spiro atoms. The maximum absolute atomic E-state index is 13.5. The summed E-state index contributed by atoms with van der Waals surface area (Å²) in [6.45, 7) is 5.48. The number of nitrogens with one attached hydrogen (secondary N) is 2. The van der Waals surface area contributed by atoms with Gasteiger partial charge in [-0.1, -0.05) is 13.8 Å². The zero-order chi connectivity index (χ0) is 26.9. The van der Waals surface area contributed by atoms with Crippen LogP contribution in [0.5, 0.6) is 0 Å². The number of hydrogen-bond acceptors (Lipinski definition) is 6. The standard InChI is InChI=1S/C24H27F3N6O3S/c1-13(2)20(31-23(36)24(25,26)27)21(34)30-17-10-32(8-6-15(17)18-11-37-14(3)29-18)22(35)16-5-4-7-33-12-28-9-19(16)33/h4-5,7,9,11-13,15,17,20H,6,8,10H2,1-3H3,(H,30,34)(H,31,36)/t15-,17-,20-/m1/s1. The summed E-state index contributed by atoms with van der Waals surface area (Å²) >= 11 is 1.45. The molecule has 3 aromatic heterocycles. The van der Waals surface area contributed by atoms with Gasteiger partial charge < -0.3 is 19.9 Å². The van der Waals surface area contributed by atoms with E-state index >= 15 is 0 Å². The lowest BCUT2D eigenvalue weighted by molar-refractivity contribution is -0.175. The molecule has 0 aliphatic carbocycles. The average molecular weight is 537 g/mol. The van der Waals surface area contributed by atoms with Crippen molar-refractivity contribution in [3.63, 3.8) is 0 Å². The van der Waals surface area contributed by atoms with Crippen LogP contribution in [0, 0.1) is 12.8 Å². The van der Waals surface area contributed by atoms with Crippen LogP contribution < -0.4 is 10.6 Å². The molecule has 0 bridgehead atoms. The fourth-order valence-corrected chi connectivity index (χ4v) is 5.20. The van der Waals surface area contributed by atoms with E-state index in [1.165, 1.54) is 11.3 Å². The molecule has 3 atom stereocenters. The second-order valence-electron chi connectivity index (χ2n) is 9.35. The van der Waals surface area contributed by atoms with E-state index in [0.29, 0.717) is 24.0 Å². The van der Waals surface area contributed by atoms with Crippen molar-refractivity contribution in [2.24, 2.45) is 5.92 Å². The van der Waals surface area contributed by atoms with Gasteiger partial charge in [0.05, 0.1) is 40.3 Å². The Balaban J connectivity index is 1.58. The Bertz CT molecular complexity index is 1300. The maximum Gasteiger partial charge on any atom is 0.471 e. The number of aryl methyl sites for hydroxylation is 1. The van der Waals surface area contributed by atoms with Crippen LogP contribution in [0.3, 0.4) is 0 Å². The summed E-state index contributed by atoms with van der Waals surface area (Å²) in [5.41, 5.74) is 1.84. The largest absolute Gasteiger partial charge is 0.471 e. The summed E-state index contributed by atoms with van der Waals surface area (Å²) in [5.74, 6) is -4.03. The van der Waals surface area contributed by atoms with Crippen LogP contribution in [0.15, 0.2) is 36.2 Å². The summed E-state index contributed by atoms with van der Waals surface area (Å²) in [7, 11) is 0. The highest BCUT2D eigenvalue weighted by molar-refractivity contribution is 7.09. The van der Waals surface area contributed by atoms with Crippen molar-refractivity contribution in [3.05, 3.63) is 52.5 Å². The molecule has 4 heterocycles. The van der Waals surface area contributed by atoms with Gasteiger partial charge >= 0.3 is 12.1 Å². The lowest BCUT2D eigenvalue weighted by Crippen LogP contribution is -2.59. The minimum absolute atomic E-state index is 0.124. The molecule has 37 heavy (non-hydrogen) atoms. The summed E-state index contributed by atoms with van der Waals surface area (Å²) in [5, 5.41) is 7.34. The van der Waals surface area contributed by atoms with Crippen molar-refractivity contribution < 1.29 is 27.6 Å². The van der Waals surface area contributed by atoms with Crippen LogP contribution in [0.4, 0.5) is 13.2 Å². The van der Waals surface area contributed by atoms with E-state index in [1.54, 1.807) is 59.3 Å². The van der Waals surface area contributed by atoms with Crippen LogP contribution in [0.1, 0.15) is 47.2 Å². The van der Waals surface area contributed by atoms with Gasteiger partial charge in [0.2, 0.25) is 5.91 Å². The predicted molar refractivity (Wildman–Crippen MR) is 130 cm³/mol. The second kappa shape index (κ2) is 10.5. The normalized spacial score (nSPS) is 19.2. The summed E-state index contributed by atoms with van der Waals surface area (Å²) < 4.78 is 40.3. The molecule has 1 aliphatic rings. The van der Waals surface area contributed by atoms with Gasteiger partial charge in [-0.05, 0) is 31.4 Å². The molecule has 9 nitrogen and oxygen atoms in total. The fourth-order valence-electron chi connectivity index (χ4n) is 4.52. The van der Waals surface area contributed by atoms with Crippen LogP contribution in [0.25, 0.3) is 5.52 Å². The molecule has 1 saturated heterocycles. The number of amides is 3. The van der Waals surface area contributed by atoms with Gasteiger partial charge in [-0.25, -0.2) is 9.97 Å². The van der Waals surface area contributed by atoms with Crippen LogP contribution in [-0.4, -0.2) is 68.3 Å². The lowest BCUT2D eigenvalue weighted by Gasteiger charge is -2.39. The number of carbonyl (C=O) groups excluding carboxylic acids is 3. The number of rotatable bonds is 6. The number of piperidine rings is 1. The highest BCUT2D eigenvalue weighted by atomic mass is 32.1. The third-order valence-corrected chi connectivity index (χ3v) is 7.21. The number of aromatic nitrogens is 3. The van der Waals surface area contributed by atoms with Gasteiger partial charge in [0.15, 0.2) is 0 Å². The highest BCUT2D eigenvalue weighted by Crippen LogP contribution is 2.31. The van der Waals surface area contributed by atoms with Crippen molar-refractivity contribution >= 4 is 34.6 Å². The first-order valence-electron chi connectivity index (χ1n) is 11.8. The Morgan fingerprint density at radius 1 is 1.24 bits per heavy atom. The predicted octanol–water partition coefficient (Wildman–Crippen LogP) is 2.92. The number of nitrogens with zero attached hydrogens (tertiary/aromatic N) is 4. The summed E-state index contributed by atoms with van der Waals surface area (Å²) in [4.78, 5) is 48.4. The molecule has 4 rings (SSSR count). The fraction of sp³-hybridized carbons (Fsp3) is 0.458. The molecule has 2 N–H and O–H groups in total. The van der Waals surface area contributed by atoms with Crippen LogP contribution in [-0.2, 0) is 9.59 Å². The number of imidazole rings is 1. The molecule has 0 radical (unpaired) electrons. The SMILES string of the molecule is Cc1nc([C@@H]2CCN(C(=O)c3cccn4cncc34)C[C@H]2NC(=O)[C@H](NC(=O)C(F)(F)F)C(C)C)cs1. The zero-order valence-electron chi connectivity index (χ0n) is 20.5. The minimum atomic E-state index is -5.11. The maximum atomic E-state index is 13.5.